The first kappa shape index (κ1) is 43.6. The van der Waals surface area contributed by atoms with E-state index in [-0.39, 0.29) is 23.9 Å². The van der Waals surface area contributed by atoms with Crippen LogP contribution in [0.1, 0.15) is 152 Å². The van der Waals surface area contributed by atoms with Crippen LogP contribution >= 0.6 is 0 Å². The van der Waals surface area contributed by atoms with Gasteiger partial charge in [0, 0.05) is 6.42 Å². The molecule has 0 aromatic heterocycles. The second-order valence-electron chi connectivity index (χ2n) is 11.9. The van der Waals surface area contributed by atoms with Crippen molar-refractivity contribution in [1.82, 2.24) is 0 Å². The molecular formula is C39H62O8. The molecule has 0 bridgehead atoms. The van der Waals surface area contributed by atoms with Crippen molar-refractivity contribution in [2.75, 3.05) is 6.61 Å². The van der Waals surface area contributed by atoms with Gasteiger partial charge in [0.25, 0.3) is 0 Å². The average molecular weight is 659 g/mol. The molecule has 0 saturated carbocycles. The second-order valence-corrected chi connectivity index (χ2v) is 11.9. The predicted molar refractivity (Wildman–Crippen MR) is 188 cm³/mol. The van der Waals surface area contributed by atoms with Crippen molar-refractivity contribution in [3.8, 4) is 5.75 Å². The number of hydrogen-bond acceptors (Lipinski definition) is 7. The number of ether oxygens (including phenoxy) is 2. The first-order valence-corrected chi connectivity index (χ1v) is 17.8. The van der Waals surface area contributed by atoms with Gasteiger partial charge in [-0.3, -0.25) is 4.79 Å². The van der Waals surface area contributed by atoms with Gasteiger partial charge in [-0.05, 0) is 37.5 Å². The Morgan fingerprint density at radius 2 is 1.09 bits per heavy atom. The van der Waals surface area contributed by atoms with Crippen LogP contribution < -0.4 is 0 Å². The molecule has 0 amide bonds. The lowest BCUT2D eigenvalue weighted by Crippen LogP contribution is -2.13. The van der Waals surface area contributed by atoms with Crippen LogP contribution in [0.25, 0.3) is 0 Å². The Morgan fingerprint density at radius 3 is 1.55 bits per heavy atom. The Kier molecular flexibility index (Phi) is 29.0. The van der Waals surface area contributed by atoms with Gasteiger partial charge in [-0.2, -0.15) is 0 Å². The Balaban J connectivity index is 0.000000792. The van der Waals surface area contributed by atoms with Crippen LogP contribution in [0, 0.1) is 0 Å². The topological polar surface area (TPSA) is 130 Å². The summed E-state index contributed by atoms with van der Waals surface area (Å²) in [6, 6.07) is 15.7. The lowest BCUT2D eigenvalue weighted by atomic mass is 10.0. The van der Waals surface area contributed by atoms with E-state index in [4.69, 9.17) is 19.7 Å². The van der Waals surface area contributed by atoms with Gasteiger partial charge in [0.05, 0.1) is 6.61 Å². The molecule has 3 N–H and O–H groups in total. The number of aromatic hydroxyl groups is 1. The SMILES string of the molecule is CC(O)C(=O)O.CCCCCCCCCCCCCCCCCC(=O)OCCCC.O=C(OCc1ccccc1)c1ccccc1O. The molecule has 0 spiro atoms. The minimum absolute atomic E-state index is 0.00172. The van der Waals surface area contributed by atoms with E-state index in [2.05, 4.69) is 13.8 Å². The molecule has 2 rings (SSSR count). The molecule has 8 heteroatoms. The number of phenols is 1. The molecule has 0 aliphatic heterocycles. The van der Waals surface area contributed by atoms with Crippen LogP contribution in [-0.2, 0) is 25.7 Å². The van der Waals surface area contributed by atoms with Crippen LogP contribution in [-0.4, -0.2) is 45.9 Å². The maximum atomic E-state index is 11.7. The summed E-state index contributed by atoms with van der Waals surface area (Å²) < 4.78 is 10.3. The maximum absolute atomic E-state index is 11.7. The first-order valence-electron chi connectivity index (χ1n) is 17.8. The number of carbonyl (C=O) groups is 3. The fourth-order valence-electron chi connectivity index (χ4n) is 4.49. The van der Waals surface area contributed by atoms with E-state index in [9.17, 15) is 19.5 Å². The molecule has 0 heterocycles. The number of unbranched alkanes of at least 4 members (excludes halogenated alkanes) is 15. The summed E-state index contributed by atoms with van der Waals surface area (Å²) in [6.07, 6.45) is 21.8. The lowest BCUT2D eigenvalue weighted by molar-refractivity contribution is -0.145. The minimum Gasteiger partial charge on any atom is -0.507 e. The molecule has 1 atom stereocenters. The number of rotatable bonds is 23. The molecule has 2 aromatic rings. The van der Waals surface area contributed by atoms with Gasteiger partial charge in [0.1, 0.15) is 24.0 Å². The molecule has 0 radical (unpaired) electrons. The van der Waals surface area contributed by atoms with Crippen LogP contribution in [0.2, 0.25) is 0 Å². The third-order valence-corrected chi connectivity index (χ3v) is 7.44. The number of benzene rings is 2. The third-order valence-electron chi connectivity index (χ3n) is 7.44. The van der Waals surface area contributed by atoms with E-state index >= 15 is 0 Å². The smallest absolute Gasteiger partial charge is 0.342 e. The van der Waals surface area contributed by atoms with Crippen molar-refractivity contribution in [1.29, 1.82) is 0 Å². The summed E-state index contributed by atoms with van der Waals surface area (Å²) in [5.41, 5.74) is 1.10. The highest BCUT2D eigenvalue weighted by molar-refractivity contribution is 5.92. The summed E-state index contributed by atoms with van der Waals surface area (Å²) in [7, 11) is 0. The Labute approximate surface area is 283 Å². The zero-order valence-electron chi connectivity index (χ0n) is 29.3. The predicted octanol–water partition coefficient (Wildman–Crippen LogP) is 9.79. The van der Waals surface area contributed by atoms with Crippen LogP contribution in [0.4, 0.5) is 0 Å². The van der Waals surface area contributed by atoms with Crippen molar-refractivity contribution in [2.24, 2.45) is 0 Å². The van der Waals surface area contributed by atoms with Crippen molar-refractivity contribution in [2.45, 2.75) is 149 Å². The van der Waals surface area contributed by atoms with Gasteiger partial charge in [0.15, 0.2) is 0 Å². The van der Waals surface area contributed by atoms with Crippen molar-refractivity contribution in [3.05, 3.63) is 65.7 Å². The number of carboxylic acids is 1. The number of aliphatic hydroxyl groups is 1. The Bertz CT molecular complexity index is 1040. The molecule has 8 nitrogen and oxygen atoms in total. The fourth-order valence-corrected chi connectivity index (χ4v) is 4.49. The number of aliphatic hydroxyl groups excluding tert-OH is 1. The Morgan fingerprint density at radius 1 is 0.638 bits per heavy atom. The van der Waals surface area contributed by atoms with Gasteiger partial charge < -0.3 is 24.8 Å². The summed E-state index contributed by atoms with van der Waals surface area (Å²) in [5.74, 6) is -1.77. The van der Waals surface area contributed by atoms with Crippen molar-refractivity contribution >= 4 is 17.9 Å². The molecule has 0 aliphatic rings. The monoisotopic (exact) mass is 658 g/mol. The molecule has 0 saturated heterocycles. The van der Waals surface area contributed by atoms with E-state index in [0.717, 1.165) is 24.8 Å². The number of phenolic OH excluding ortho intramolecular Hbond substituents is 1. The molecule has 47 heavy (non-hydrogen) atoms. The number of para-hydroxylation sites is 1. The van der Waals surface area contributed by atoms with Crippen molar-refractivity contribution < 1.29 is 39.2 Å². The standard InChI is InChI=1S/C22H44O2.C14H12O3.C3H6O3/c1-3-5-7-8-9-10-11-12-13-14-15-16-17-18-19-20-22(23)24-21-6-4-2;15-13-9-5-4-8-12(13)14(16)17-10-11-6-2-1-3-7-11;1-2(4)3(5)6/h3-21H2,1-2H3;1-9,15H,10H2;2,4H,1H3,(H,5,6). The summed E-state index contributed by atoms with van der Waals surface area (Å²) in [5, 5.41) is 25.2. The number of hydrogen-bond donors (Lipinski definition) is 3. The number of aliphatic carboxylic acids is 1. The highest BCUT2D eigenvalue weighted by Crippen LogP contribution is 2.17. The fraction of sp³-hybridized carbons (Fsp3) is 0.615. The number of carbonyl (C=O) groups excluding carboxylic acids is 2. The number of esters is 2. The van der Waals surface area contributed by atoms with Gasteiger partial charge in [-0.1, -0.05) is 153 Å². The van der Waals surface area contributed by atoms with Crippen LogP contribution in [0.5, 0.6) is 5.75 Å². The molecule has 0 fully saturated rings. The normalized spacial score (nSPS) is 10.9. The highest BCUT2D eigenvalue weighted by Gasteiger charge is 2.11. The van der Waals surface area contributed by atoms with Gasteiger partial charge >= 0.3 is 17.9 Å². The molecule has 2 aromatic carbocycles. The van der Waals surface area contributed by atoms with E-state index in [0.29, 0.717) is 13.0 Å². The molecule has 266 valence electrons. The van der Waals surface area contributed by atoms with Crippen LogP contribution in [0.3, 0.4) is 0 Å². The largest absolute Gasteiger partial charge is 0.507 e. The molecule has 1 unspecified atom stereocenters. The lowest BCUT2D eigenvalue weighted by Gasteiger charge is -2.05. The zero-order chi connectivity index (χ0) is 35.0. The van der Waals surface area contributed by atoms with E-state index in [1.807, 2.05) is 30.3 Å². The maximum Gasteiger partial charge on any atom is 0.342 e. The van der Waals surface area contributed by atoms with Gasteiger partial charge in [-0.15, -0.1) is 0 Å². The summed E-state index contributed by atoms with van der Waals surface area (Å²) >= 11 is 0. The highest BCUT2D eigenvalue weighted by atomic mass is 16.5. The first-order chi connectivity index (χ1) is 22.7. The van der Waals surface area contributed by atoms with Crippen molar-refractivity contribution in [3.63, 3.8) is 0 Å². The van der Waals surface area contributed by atoms with E-state index < -0.39 is 18.0 Å². The molecular weight excluding hydrogens is 596 g/mol. The van der Waals surface area contributed by atoms with E-state index in [1.54, 1.807) is 12.1 Å². The zero-order valence-corrected chi connectivity index (χ0v) is 29.3. The van der Waals surface area contributed by atoms with Gasteiger partial charge in [-0.25, -0.2) is 9.59 Å². The minimum atomic E-state index is -1.23. The second kappa shape index (κ2) is 31.2. The molecule has 0 aliphatic carbocycles. The Hall–Kier alpha value is -3.39. The quantitative estimate of drug-likeness (QED) is 0.0794. The van der Waals surface area contributed by atoms with Gasteiger partial charge in [0.2, 0.25) is 0 Å². The summed E-state index contributed by atoms with van der Waals surface area (Å²) in [4.78, 5) is 32.5. The number of carboxylic acid groups (broad SMARTS) is 1. The van der Waals surface area contributed by atoms with E-state index in [1.165, 1.54) is 109 Å². The van der Waals surface area contributed by atoms with Crippen LogP contribution in [0.15, 0.2) is 54.6 Å². The summed E-state index contributed by atoms with van der Waals surface area (Å²) in [6.45, 7) is 6.40. The average Bonchev–Trinajstić information content (AvgIpc) is 3.07. The third kappa shape index (κ3) is 27.4.